The highest BCUT2D eigenvalue weighted by molar-refractivity contribution is 4.64. The van der Waals surface area contributed by atoms with Crippen molar-refractivity contribution in [3.8, 4) is 0 Å². The first-order chi connectivity index (χ1) is 13.6. The third-order valence-corrected chi connectivity index (χ3v) is 6.24. The van der Waals surface area contributed by atoms with E-state index in [0.29, 0.717) is 0 Å². The summed E-state index contributed by atoms with van der Waals surface area (Å²) in [6.45, 7) is 8.56. The zero-order chi connectivity index (χ0) is 20.8. The van der Waals surface area contributed by atoms with Crippen LogP contribution < -0.4 is 12.4 Å². The van der Waals surface area contributed by atoms with Crippen molar-refractivity contribution < 1.29 is 16.9 Å². The molecule has 0 aliphatic carbocycles. The molecular formula is C27H56ClN. The van der Waals surface area contributed by atoms with Crippen LogP contribution in [0.4, 0.5) is 0 Å². The lowest BCUT2D eigenvalue weighted by atomic mass is 10.0. The highest BCUT2D eigenvalue weighted by atomic mass is 35.5. The van der Waals surface area contributed by atoms with Gasteiger partial charge in [-0.2, -0.15) is 0 Å². The molecule has 0 amide bonds. The Hall–Kier alpha value is -0.0100. The van der Waals surface area contributed by atoms with Crippen molar-refractivity contribution in [2.45, 2.75) is 135 Å². The first-order valence-corrected chi connectivity index (χ1v) is 13.1. The molecule has 0 saturated heterocycles. The highest BCUT2D eigenvalue weighted by Crippen LogP contribution is 2.15. The number of hydrogen-bond acceptors (Lipinski definition) is 0. The van der Waals surface area contributed by atoms with Crippen molar-refractivity contribution in [2.24, 2.45) is 0 Å². The molecule has 0 radical (unpaired) electrons. The minimum Gasteiger partial charge on any atom is -1.00 e. The average molecular weight is 430 g/mol. The molecule has 1 nitrogen and oxygen atoms in total. The number of likely N-dealkylation sites (N-methyl/N-ethyl adjacent to an activating group) is 1. The van der Waals surface area contributed by atoms with Crippen LogP contribution >= 0.6 is 0 Å². The largest absolute Gasteiger partial charge is 1.00 e. The minimum atomic E-state index is 0. The van der Waals surface area contributed by atoms with Gasteiger partial charge in [-0.1, -0.05) is 129 Å². The third-order valence-electron chi connectivity index (χ3n) is 6.24. The SMILES string of the molecule is C=CC[N+](C)(C)CCCCCCCCCCCCCCCCCCCCCC.[Cl-]. The number of rotatable bonds is 23. The molecule has 0 unspecified atom stereocenters. The topological polar surface area (TPSA) is 0 Å². The number of unbranched alkanes of at least 4 members (excludes halogenated alkanes) is 19. The summed E-state index contributed by atoms with van der Waals surface area (Å²) in [7, 11) is 4.63. The predicted molar refractivity (Wildman–Crippen MR) is 130 cm³/mol. The molecule has 0 fully saturated rings. The lowest BCUT2D eigenvalue weighted by molar-refractivity contribution is -0.884. The van der Waals surface area contributed by atoms with Crippen LogP contribution in [-0.4, -0.2) is 31.7 Å². The monoisotopic (exact) mass is 429 g/mol. The van der Waals surface area contributed by atoms with Crippen LogP contribution in [0.3, 0.4) is 0 Å². The maximum Gasteiger partial charge on any atom is 0.0966 e. The summed E-state index contributed by atoms with van der Waals surface area (Å²) >= 11 is 0. The van der Waals surface area contributed by atoms with Crippen LogP contribution in [0.1, 0.15) is 135 Å². The molecule has 0 bridgehead atoms. The van der Waals surface area contributed by atoms with E-state index in [1.54, 1.807) is 0 Å². The van der Waals surface area contributed by atoms with Crippen LogP contribution in [0.5, 0.6) is 0 Å². The Morgan fingerprint density at radius 2 is 0.793 bits per heavy atom. The second-order valence-corrected chi connectivity index (χ2v) is 9.85. The first-order valence-electron chi connectivity index (χ1n) is 13.1. The van der Waals surface area contributed by atoms with Gasteiger partial charge >= 0.3 is 0 Å². The smallest absolute Gasteiger partial charge is 0.0966 e. The van der Waals surface area contributed by atoms with E-state index < -0.39 is 0 Å². The van der Waals surface area contributed by atoms with E-state index >= 15 is 0 Å². The van der Waals surface area contributed by atoms with E-state index in [2.05, 4.69) is 33.7 Å². The van der Waals surface area contributed by atoms with Gasteiger partial charge in [-0.25, -0.2) is 0 Å². The number of halogens is 1. The average Bonchev–Trinajstić information content (AvgIpc) is 2.66. The maximum absolute atomic E-state index is 3.87. The summed E-state index contributed by atoms with van der Waals surface area (Å²) in [6, 6.07) is 0. The van der Waals surface area contributed by atoms with Crippen LogP contribution in [-0.2, 0) is 0 Å². The minimum absolute atomic E-state index is 0. The molecule has 0 saturated carbocycles. The van der Waals surface area contributed by atoms with Gasteiger partial charge in [-0.05, 0) is 18.9 Å². The predicted octanol–water partition coefficient (Wildman–Crippen LogP) is 6.07. The molecular weight excluding hydrogens is 374 g/mol. The van der Waals surface area contributed by atoms with Crippen LogP contribution in [0.25, 0.3) is 0 Å². The molecule has 29 heavy (non-hydrogen) atoms. The van der Waals surface area contributed by atoms with Crippen molar-refractivity contribution in [1.29, 1.82) is 0 Å². The maximum atomic E-state index is 3.87. The Balaban J connectivity index is 0. The van der Waals surface area contributed by atoms with Crippen molar-refractivity contribution in [3.63, 3.8) is 0 Å². The molecule has 0 aliphatic rings. The molecule has 2 heteroatoms. The van der Waals surface area contributed by atoms with Gasteiger partial charge in [0.15, 0.2) is 0 Å². The van der Waals surface area contributed by atoms with E-state index in [9.17, 15) is 0 Å². The van der Waals surface area contributed by atoms with E-state index in [1.807, 2.05) is 0 Å². The Kier molecular flexibility index (Phi) is 26.1. The first kappa shape index (κ1) is 31.2. The van der Waals surface area contributed by atoms with Crippen molar-refractivity contribution >= 4 is 0 Å². The zero-order valence-electron chi connectivity index (χ0n) is 20.7. The van der Waals surface area contributed by atoms with Gasteiger partial charge in [0, 0.05) is 0 Å². The number of quaternary nitrogens is 1. The standard InChI is InChI=1S/C27H56N.ClH/c1-5-7-8-9-10-11-12-13-14-15-16-17-18-19-20-21-22-23-24-25-27-28(3,4)26-6-2;/h6H,2,5,7-27H2,1,3-4H3;1H/q+1;/p-1. The summed E-state index contributed by atoms with van der Waals surface area (Å²) in [5, 5.41) is 0. The summed E-state index contributed by atoms with van der Waals surface area (Å²) in [4.78, 5) is 0. The Labute approximate surface area is 192 Å². The molecule has 176 valence electrons. The van der Waals surface area contributed by atoms with Crippen LogP contribution in [0.2, 0.25) is 0 Å². The Morgan fingerprint density at radius 1 is 0.517 bits per heavy atom. The molecule has 0 aliphatic heterocycles. The molecule has 0 aromatic carbocycles. The third kappa shape index (κ3) is 26.0. The summed E-state index contributed by atoms with van der Waals surface area (Å²) in [5.74, 6) is 0. The van der Waals surface area contributed by atoms with Crippen LogP contribution in [0.15, 0.2) is 12.7 Å². The molecule has 0 aromatic rings. The van der Waals surface area contributed by atoms with Gasteiger partial charge in [-0.15, -0.1) is 0 Å². The molecule has 0 rings (SSSR count). The van der Waals surface area contributed by atoms with E-state index in [-0.39, 0.29) is 12.4 Å². The molecule has 0 spiro atoms. The summed E-state index contributed by atoms with van der Waals surface area (Å²) < 4.78 is 1.10. The molecule has 0 atom stereocenters. The normalized spacial score (nSPS) is 11.4. The van der Waals surface area contributed by atoms with Crippen molar-refractivity contribution in [1.82, 2.24) is 0 Å². The number of nitrogens with zero attached hydrogens (tertiary/aromatic N) is 1. The van der Waals surface area contributed by atoms with Gasteiger partial charge in [-0.3, -0.25) is 0 Å². The molecule has 0 aromatic heterocycles. The van der Waals surface area contributed by atoms with Gasteiger partial charge in [0.05, 0.1) is 27.2 Å². The van der Waals surface area contributed by atoms with Crippen LogP contribution in [0, 0.1) is 0 Å². The van der Waals surface area contributed by atoms with Crippen molar-refractivity contribution in [3.05, 3.63) is 12.7 Å². The highest BCUT2D eigenvalue weighted by Gasteiger charge is 2.11. The van der Waals surface area contributed by atoms with Crippen molar-refractivity contribution in [2.75, 3.05) is 27.2 Å². The molecule has 0 N–H and O–H groups in total. The fourth-order valence-electron chi connectivity index (χ4n) is 4.24. The quantitative estimate of drug-likeness (QED) is 0.105. The van der Waals surface area contributed by atoms with E-state index in [1.165, 1.54) is 135 Å². The Morgan fingerprint density at radius 3 is 1.07 bits per heavy atom. The zero-order valence-corrected chi connectivity index (χ0v) is 21.4. The summed E-state index contributed by atoms with van der Waals surface area (Å²) in [6.07, 6.45) is 31.2. The second-order valence-electron chi connectivity index (χ2n) is 9.85. The fraction of sp³-hybridized carbons (Fsp3) is 0.926. The number of hydrogen-bond donors (Lipinski definition) is 0. The van der Waals surface area contributed by atoms with Gasteiger partial charge in [0.1, 0.15) is 0 Å². The second kappa shape index (κ2) is 24.3. The molecule has 0 heterocycles. The fourth-order valence-corrected chi connectivity index (χ4v) is 4.24. The van der Waals surface area contributed by atoms with Gasteiger partial charge in [0.25, 0.3) is 0 Å². The summed E-state index contributed by atoms with van der Waals surface area (Å²) in [5.41, 5.74) is 0. The van der Waals surface area contributed by atoms with Gasteiger partial charge < -0.3 is 16.9 Å². The van der Waals surface area contributed by atoms with Gasteiger partial charge in [0.2, 0.25) is 0 Å². The van der Waals surface area contributed by atoms with E-state index in [4.69, 9.17) is 0 Å². The Bertz CT molecular complexity index is 314. The lowest BCUT2D eigenvalue weighted by Crippen LogP contribution is -3.00. The lowest BCUT2D eigenvalue weighted by Gasteiger charge is -2.28. The van der Waals surface area contributed by atoms with E-state index in [0.717, 1.165) is 11.0 Å².